The van der Waals surface area contributed by atoms with Gasteiger partial charge in [0.25, 0.3) is 5.91 Å². The van der Waals surface area contributed by atoms with Crippen LogP contribution in [0.25, 0.3) is 11.1 Å². The number of likely N-dealkylation sites (tertiary alicyclic amines) is 1. The molecule has 0 bridgehead atoms. The highest BCUT2D eigenvalue weighted by atomic mass is 19.1. The summed E-state index contributed by atoms with van der Waals surface area (Å²) in [4.78, 5) is 56.9. The van der Waals surface area contributed by atoms with E-state index in [1.165, 1.54) is 60.2 Å². The van der Waals surface area contributed by atoms with E-state index in [0.717, 1.165) is 11.6 Å². The number of carbonyl (C=O) groups is 4. The molecule has 2 aliphatic heterocycles. The lowest BCUT2D eigenvalue weighted by atomic mass is 9.80. The molecule has 1 spiro atoms. The highest BCUT2D eigenvalue weighted by molar-refractivity contribution is 6.07. The molecule has 0 unspecified atom stereocenters. The molecule has 1 saturated heterocycles. The normalized spacial score (nSPS) is 19.7. The van der Waals surface area contributed by atoms with Crippen molar-refractivity contribution in [2.75, 3.05) is 18.9 Å². The van der Waals surface area contributed by atoms with Crippen molar-refractivity contribution < 1.29 is 28.0 Å². The van der Waals surface area contributed by atoms with Crippen molar-refractivity contribution in [1.29, 1.82) is 5.26 Å². The van der Waals surface area contributed by atoms with Gasteiger partial charge in [-0.25, -0.2) is 8.78 Å². The van der Waals surface area contributed by atoms with Gasteiger partial charge >= 0.3 is 0 Å². The van der Waals surface area contributed by atoms with Crippen LogP contribution in [0.2, 0.25) is 0 Å². The first-order chi connectivity index (χ1) is 21.9. The quantitative estimate of drug-likeness (QED) is 0.377. The number of amides is 4. The van der Waals surface area contributed by atoms with Gasteiger partial charge in [0.2, 0.25) is 17.7 Å². The van der Waals surface area contributed by atoms with Gasteiger partial charge in [0, 0.05) is 36.8 Å². The SMILES string of the molecule is CC(C)C[C@@H](C(=O)N1C[C@]2(C[C@H]1C#N)C(=O)Nc1ccccc12)N(C)C(=O)[C@H](C)NC(=O)c1ccc(F)c(-c2ccc(F)cc2)c1. The van der Waals surface area contributed by atoms with Gasteiger partial charge in [0.1, 0.15) is 29.8 Å². The van der Waals surface area contributed by atoms with Crippen molar-refractivity contribution in [3.8, 4) is 17.2 Å². The van der Waals surface area contributed by atoms with Crippen LogP contribution in [0.1, 0.15) is 49.5 Å². The van der Waals surface area contributed by atoms with Gasteiger partial charge in [0.15, 0.2) is 0 Å². The Morgan fingerprint density at radius 2 is 1.78 bits per heavy atom. The second-order valence-electron chi connectivity index (χ2n) is 12.4. The Hall–Kier alpha value is -5.11. The Kier molecular flexibility index (Phi) is 8.92. The van der Waals surface area contributed by atoms with Gasteiger partial charge in [-0.2, -0.15) is 5.26 Å². The molecule has 238 valence electrons. The number of nitriles is 1. The molecule has 3 aromatic rings. The number of fused-ring (bicyclic) bond motifs is 2. The highest BCUT2D eigenvalue weighted by Crippen LogP contribution is 2.46. The largest absolute Gasteiger partial charge is 0.341 e. The predicted molar refractivity (Wildman–Crippen MR) is 167 cm³/mol. The number of halogens is 2. The van der Waals surface area contributed by atoms with Crippen molar-refractivity contribution >= 4 is 29.3 Å². The lowest BCUT2D eigenvalue weighted by Crippen LogP contribution is -2.55. The molecular formula is C35H35F2N5O4. The second-order valence-corrected chi connectivity index (χ2v) is 12.4. The molecular weight excluding hydrogens is 592 g/mol. The zero-order chi connectivity index (χ0) is 33.3. The summed E-state index contributed by atoms with van der Waals surface area (Å²) in [6.45, 7) is 5.30. The first-order valence-corrected chi connectivity index (χ1v) is 15.1. The van der Waals surface area contributed by atoms with Crippen molar-refractivity contribution in [2.24, 2.45) is 5.92 Å². The highest BCUT2D eigenvalue weighted by Gasteiger charge is 2.56. The number of nitrogens with zero attached hydrogens (tertiary/aromatic N) is 3. The number of carbonyl (C=O) groups excluding carboxylic acids is 4. The van der Waals surface area contributed by atoms with Gasteiger partial charge in [-0.1, -0.05) is 44.2 Å². The van der Waals surface area contributed by atoms with Crippen LogP contribution >= 0.6 is 0 Å². The summed E-state index contributed by atoms with van der Waals surface area (Å²) in [7, 11) is 1.48. The van der Waals surface area contributed by atoms with Crippen LogP contribution in [0.4, 0.5) is 14.5 Å². The van der Waals surface area contributed by atoms with E-state index in [-0.39, 0.29) is 42.3 Å². The summed E-state index contributed by atoms with van der Waals surface area (Å²) >= 11 is 0. The van der Waals surface area contributed by atoms with E-state index in [1.54, 1.807) is 12.1 Å². The van der Waals surface area contributed by atoms with E-state index in [2.05, 4.69) is 16.7 Å². The molecule has 0 radical (unpaired) electrons. The van der Waals surface area contributed by atoms with Gasteiger partial charge < -0.3 is 20.4 Å². The maximum Gasteiger partial charge on any atom is 0.251 e. The standard InChI is InChI=1S/C35H35F2N5O4/c1-20(2)15-30(33(45)42-19-35(17-25(42)18-38)27-7-5-6-8-29(27)40-34(35)46)41(4)32(44)21(3)39-31(43)23-11-14-28(37)26(16-23)22-9-12-24(36)13-10-22/h5-14,16,20-21,25,30H,15,17,19H2,1-4H3,(H,39,43)(H,40,46)/t21-,25-,30-,35-/m0/s1. The molecule has 3 aromatic carbocycles. The average Bonchev–Trinajstić information content (AvgIpc) is 3.56. The predicted octanol–water partition coefficient (Wildman–Crippen LogP) is 4.64. The molecule has 5 rings (SSSR count). The van der Waals surface area contributed by atoms with Crippen LogP contribution in [0.3, 0.4) is 0 Å². The number of para-hydroxylation sites is 1. The van der Waals surface area contributed by atoms with E-state index in [9.17, 15) is 33.2 Å². The zero-order valence-electron chi connectivity index (χ0n) is 26.0. The summed E-state index contributed by atoms with van der Waals surface area (Å²) in [5.41, 5.74) is 0.888. The van der Waals surface area contributed by atoms with Gasteiger partial charge in [-0.05, 0) is 66.8 Å². The molecule has 4 amide bonds. The Labute approximate surface area is 266 Å². The lowest BCUT2D eigenvalue weighted by Gasteiger charge is -2.34. The summed E-state index contributed by atoms with van der Waals surface area (Å²) < 4.78 is 28.0. The van der Waals surface area contributed by atoms with E-state index in [1.807, 2.05) is 26.0 Å². The maximum absolute atomic E-state index is 14.6. The number of nitrogens with one attached hydrogen (secondary N) is 2. The van der Waals surface area contributed by atoms with Crippen LogP contribution < -0.4 is 10.6 Å². The summed E-state index contributed by atoms with van der Waals surface area (Å²) in [5, 5.41) is 15.6. The minimum absolute atomic E-state index is 0.00320. The minimum atomic E-state index is -1.07. The second kappa shape index (κ2) is 12.7. The monoisotopic (exact) mass is 627 g/mol. The summed E-state index contributed by atoms with van der Waals surface area (Å²) in [5.74, 6) is -2.99. The smallest absolute Gasteiger partial charge is 0.251 e. The first kappa shape index (κ1) is 32.3. The Morgan fingerprint density at radius 3 is 2.46 bits per heavy atom. The Bertz CT molecular complexity index is 1740. The molecule has 2 N–H and O–H groups in total. The molecule has 4 atom stereocenters. The number of anilines is 1. The lowest BCUT2D eigenvalue weighted by molar-refractivity contribution is -0.146. The van der Waals surface area contributed by atoms with Crippen molar-refractivity contribution in [3.05, 3.63) is 89.5 Å². The molecule has 46 heavy (non-hydrogen) atoms. The fourth-order valence-electron chi connectivity index (χ4n) is 6.37. The average molecular weight is 628 g/mol. The topological polar surface area (TPSA) is 123 Å². The summed E-state index contributed by atoms with van der Waals surface area (Å²) in [6.07, 6.45) is 0.416. The molecule has 0 aromatic heterocycles. The van der Waals surface area contributed by atoms with Gasteiger partial charge in [-0.3, -0.25) is 19.2 Å². The van der Waals surface area contributed by atoms with Crippen molar-refractivity contribution in [3.63, 3.8) is 0 Å². The number of hydrogen-bond donors (Lipinski definition) is 2. The van der Waals surface area contributed by atoms with E-state index in [0.29, 0.717) is 11.3 Å². The third-order valence-electron chi connectivity index (χ3n) is 8.81. The first-order valence-electron chi connectivity index (χ1n) is 15.1. The molecule has 0 aliphatic carbocycles. The zero-order valence-corrected chi connectivity index (χ0v) is 26.0. The molecule has 11 heteroatoms. The maximum atomic E-state index is 14.6. The number of likely N-dealkylation sites (N-methyl/N-ethyl adjacent to an activating group) is 1. The Balaban J connectivity index is 1.34. The fourth-order valence-corrected chi connectivity index (χ4v) is 6.37. The molecule has 1 fully saturated rings. The molecule has 2 aliphatic rings. The van der Waals surface area contributed by atoms with E-state index in [4.69, 9.17) is 0 Å². The minimum Gasteiger partial charge on any atom is -0.341 e. The van der Waals surface area contributed by atoms with Crippen LogP contribution in [-0.2, 0) is 19.8 Å². The van der Waals surface area contributed by atoms with Crippen LogP contribution in [0, 0.1) is 28.9 Å². The van der Waals surface area contributed by atoms with Gasteiger partial charge in [-0.15, -0.1) is 0 Å². The Morgan fingerprint density at radius 1 is 1.09 bits per heavy atom. The van der Waals surface area contributed by atoms with E-state index < -0.39 is 52.9 Å². The molecule has 2 heterocycles. The van der Waals surface area contributed by atoms with Crippen molar-refractivity contribution in [1.82, 2.24) is 15.1 Å². The number of hydrogen-bond acceptors (Lipinski definition) is 5. The third-order valence-corrected chi connectivity index (χ3v) is 8.81. The molecule has 0 saturated carbocycles. The van der Waals surface area contributed by atoms with Crippen molar-refractivity contribution in [2.45, 2.75) is 57.2 Å². The number of benzene rings is 3. The number of rotatable bonds is 8. The van der Waals surface area contributed by atoms with E-state index >= 15 is 0 Å². The van der Waals surface area contributed by atoms with Gasteiger partial charge in [0.05, 0.1) is 11.5 Å². The molecule has 9 nitrogen and oxygen atoms in total. The van der Waals surface area contributed by atoms with Crippen LogP contribution in [-0.4, -0.2) is 65.1 Å². The van der Waals surface area contributed by atoms with Crippen LogP contribution in [0.5, 0.6) is 0 Å². The van der Waals surface area contributed by atoms with Crippen LogP contribution in [0.15, 0.2) is 66.7 Å². The third kappa shape index (κ3) is 5.95. The summed E-state index contributed by atoms with van der Waals surface area (Å²) in [6, 6.07) is 15.4. The fraction of sp³-hybridized carbons (Fsp3) is 0.343.